The zero-order chi connectivity index (χ0) is 17.4. The van der Waals surface area contributed by atoms with Gasteiger partial charge in [-0.1, -0.05) is 23.2 Å². The minimum Gasteiger partial charge on any atom is -0.288 e. The summed E-state index contributed by atoms with van der Waals surface area (Å²) in [5.74, 6) is -4.87. The van der Waals surface area contributed by atoms with E-state index in [1.807, 2.05) is 0 Å². The molecule has 122 valence electrons. The van der Waals surface area contributed by atoms with Crippen molar-refractivity contribution in [2.75, 3.05) is 0 Å². The number of ketones is 1. The highest BCUT2D eigenvalue weighted by atomic mass is 35.5. The fourth-order valence-corrected chi connectivity index (χ4v) is 2.77. The van der Waals surface area contributed by atoms with Crippen LogP contribution in [0.1, 0.15) is 15.9 Å². The van der Waals surface area contributed by atoms with E-state index in [-0.39, 0.29) is 11.3 Å². The Hall–Kier alpha value is -2.31. The zero-order valence-corrected chi connectivity index (χ0v) is 13.2. The van der Waals surface area contributed by atoms with Gasteiger partial charge in [0.05, 0.1) is 23.0 Å². The quantitative estimate of drug-likeness (QED) is 0.518. The Labute approximate surface area is 144 Å². The average molecular weight is 371 g/mol. The van der Waals surface area contributed by atoms with Crippen LogP contribution in [0.2, 0.25) is 10.0 Å². The fourth-order valence-electron chi connectivity index (χ4n) is 2.24. The molecule has 2 aromatic carbocycles. The van der Waals surface area contributed by atoms with E-state index < -0.39 is 28.8 Å². The second kappa shape index (κ2) is 6.30. The molecule has 1 aromatic heterocycles. The molecule has 0 unspecified atom stereocenters. The Morgan fingerprint density at radius 2 is 1.62 bits per heavy atom. The smallest absolute Gasteiger partial charge is 0.199 e. The van der Waals surface area contributed by atoms with E-state index >= 15 is 0 Å². The number of aromatic nitrogens is 2. The molecule has 1 heterocycles. The Kier molecular flexibility index (Phi) is 4.34. The van der Waals surface area contributed by atoms with Gasteiger partial charge in [0.1, 0.15) is 5.82 Å². The van der Waals surface area contributed by atoms with Crippen LogP contribution in [0, 0.1) is 17.5 Å². The number of hydrogen-bond acceptors (Lipinski definition) is 2. The van der Waals surface area contributed by atoms with Gasteiger partial charge in [-0.05, 0) is 24.3 Å². The molecule has 24 heavy (non-hydrogen) atoms. The Morgan fingerprint density at radius 1 is 0.958 bits per heavy atom. The van der Waals surface area contributed by atoms with Gasteiger partial charge in [0.15, 0.2) is 17.4 Å². The van der Waals surface area contributed by atoms with Crippen molar-refractivity contribution in [2.24, 2.45) is 0 Å². The number of aromatic amines is 1. The van der Waals surface area contributed by atoms with Crippen molar-refractivity contribution in [1.29, 1.82) is 0 Å². The molecule has 0 saturated carbocycles. The van der Waals surface area contributed by atoms with Crippen molar-refractivity contribution >= 4 is 29.0 Å². The average Bonchev–Trinajstić information content (AvgIpc) is 2.98. The molecule has 3 aromatic rings. The van der Waals surface area contributed by atoms with E-state index in [4.69, 9.17) is 23.2 Å². The van der Waals surface area contributed by atoms with Gasteiger partial charge < -0.3 is 0 Å². The Morgan fingerprint density at radius 3 is 2.29 bits per heavy atom. The van der Waals surface area contributed by atoms with Gasteiger partial charge >= 0.3 is 0 Å². The number of benzene rings is 2. The highest BCUT2D eigenvalue weighted by Gasteiger charge is 2.23. The van der Waals surface area contributed by atoms with Crippen molar-refractivity contribution in [1.82, 2.24) is 10.2 Å². The van der Waals surface area contributed by atoms with Crippen molar-refractivity contribution in [3.05, 3.63) is 75.2 Å². The largest absolute Gasteiger partial charge is 0.288 e. The topological polar surface area (TPSA) is 45.8 Å². The van der Waals surface area contributed by atoms with E-state index in [0.29, 0.717) is 27.7 Å². The SMILES string of the molecule is O=C(c1cn[nH]c1-c1cc(Cl)cc(Cl)c1)c1cc(F)cc(F)c1F. The van der Waals surface area contributed by atoms with Crippen LogP contribution in [0.15, 0.2) is 36.5 Å². The number of nitrogens with zero attached hydrogens (tertiary/aromatic N) is 1. The second-order valence-corrected chi connectivity index (χ2v) is 5.77. The molecule has 0 spiro atoms. The van der Waals surface area contributed by atoms with E-state index in [9.17, 15) is 18.0 Å². The standard InChI is InChI=1S/C16H7Cl2F3N2O/c17-8-1-7(2-9(18)3-8)15-12(6-22-23-15)16(24)11-4-10(19)5-13(20)14(11)21/h1-6H,(H,22,23). The van der Waals surface area contributed by atoms with Gasteiger partial charge in [-0.15, -0.1) is 0 Å². The predicted molar refractivity (Wildman–Crippen MR) is 83.8 cm³/mol. The number of rotatable bonds is 3. The molecule has 0 saturated heterocycles. The molecule has 0 bridgehead atoms. The third-order valence-electron chi connectivity index (χ3n) is 3.27. The molecule has 8 heteroatoms. The van der Waals surface area contributed by atoms with Crippen LogP contribution < -0.4 is 0 Å². The van der Waals surface area contributed by atoms with E-state index in [2.05, 4.69) is 10.2 Å². The number of halogens is 5. The molecule has 0 aliphatic carbocycles. The lowest BCUT2D eigenvalue weighted by atomic mass is 9.99. The first kappa shape index (κ1) is 16.5. The van der Waals surface area contributed by atoms with E-state index in [1.165, 1.54) is 18.2 Å². The lowest BCUT2D eigenvalue weighted by Gasteiger charge is -2.06. The maximum absolute atomic E-state index is 13.9. The highest BCUT2D eigenvalue weighted by molar-refractivity contribution is 6.35. The maximum Gasteiger partial charge on any atom is 0.199 e. The van der Waals surface area contributed by atoms with Gasteiger partial charge in [-0.25, -0.2) is 13.2 Å². The first-order valence-electron chi connectivity index (χ1n) is 6.56. The van der Waals surface area contributed by atoms with Gasteiger partial charge in [0, 0.05) is 21.7 Å². The minimum absolute atomic E-state index is 0.0720. The van der Waals surface area contributed by atoms with Crippen LogP contribution in [0.25, 0.3) is 11.3 Å². The molecule has 0 fully saturated rings. The summed E-state index contributed by atoms with van der Waals surface area (Å²) in [6, 6.07) is 5.51. The number of carbonyl (C=O) groups is 1. The molecule has 1 N–H and O–H groups in total. The predicted octanol–water partition coefficient (Wildman–Crippen LogP) is 5.03. The third kappa shape index (κ3) is 3.02. The van der Waals surface area contributed by atoms with E-state index in [0.717, 1.165) is 6.20 Å². The molecule has 3 nitrogen and oxygen atoms in total. The summed E-state index contributed by atoms with van der Waals surface area (Å²) < 4.78 is 40.5. The zero-order valence-electron chi connectivity index (χ0n) is 11.7. The molecule has 3 rings (SSSR count). The van der Waals surface area contributed by atoms with Crippen LogP contribution in [-0.2, 0) is 0 Å². The number of H-pyrrole nitrogens is 1. The molecule has 0 radical (unpaired) electrons. The normalized spacial score (nSPS) is 10.9. The number of carbonyl (C=O) groups excluding carboxylic acids is 1. The van der Waals surface area contributed by atoms with Gasteiger partial charge in [-0.2, -0.15) is 5.10 Å². The minimum atomic E-state index is -1.45. The highest BCUT2D eigenvalue weighted by Crippen LogP contribution is 2.30. The summed E-state index contributed by atoms with van der Waals surface area (Å²) in [4.78, 5) is 12.5. The summed E-state index contributed by atoms with van der Waals surface area (Å²) in [7, 11) is 0. The van der Waals surface area contributed by atoms with Crippen molar-refractivity contribution in [3.8, 4) is 11.3 Å². The molecule has 0 aliphatic rings. The lowest BCUT2D eigenvalue weighted by molar-refractivity contribution is 0.103. The second-order valence-electron chi connectivity index (χ2n) is 4.90. The summed E-state index contributed by atoms with van der Waals surface area (Å²) in [5.41, 5.74) is -0.181. The molecular weight excluding hydrogens is 364 g/mol. The summed E-state index contributed by atoms with van der Waals surface area (Å²) in [6.07, 6.45) is 1.13. The maximum atomic E-state index is 13.9. The molecular formula is C16H7Cl2F3N2O. The first-order valence-corrected chi connectivity index (χ1v) is 7.31. The number of nitrogens with one attached hydrogen (secondary N) is 1. The fraction of sp³-hybridized carbons (Fsp3) is 0. The Balaban J connectivity index is 2.12. The summed E-state index contributed by atoms with van der Waals surface area (Å²) in [5, 5.41) is 6.94. The monoisotopic (exact) mass is 370 g/mol. The molecule has 0 aliphatic heterocycles. The summed E-state index contributed by atoms with van der Waals surface area (Å²) in [6.45, 7) is 0. The van der Waals surface area contributed by atoms with Crippen LogP contribution >= 0.6 is 23.2 Å². The molecule has 0 amide bonds. The van der Waals surface area contributed by atoms with Crippen LogP contribution in [0.4, 0.5) is 13.2 Å². The van der Waals surface area contributed by atoms with Crippen molar-refractivity contribution < 1.29 is 18.0 Å². The van der Waals surface area contributed by atoms with Crippen LogP contribution in [0.3, 0.4) is 0 Å². The lowest BCUT2D eigenvalue weighted by Crippen LogP contribution is -2.07. The molecule has 0 atom stereocenters. The van der Waals surface area contributed by atoms with Crippen LogP contribution in [0.5, 0.6) is 0 Å². The van der Waals surface area contributed by atoms with Crippen LogP contribution in [-0.4, -0.2) is 16.0 Å². The van der Waals surface area contributed by atoms with Gasteiger partial charge in [0.25, 0.3) is 0 Å². The first-order chi connectivity index (χ1) is 11.4. The van der Waals surface area contributed by atoms with Crippen molar-refractivity contribution in [3.63, 3.8) is 0 Å². The van der Waals surface area contributed by atoms with Gasteiger partial charge in [0.2, 0.25) is 0 Å². The van der Waals surface area contributed by atoms with Crippen molar-refractivity contribution in [2.45, 2.75) is 0 Å². The van der Waals surface area contributed by atoms with Gasteiger partial charge in [-0.3, -0.25) is 9.89 Å². The van der Waals surface area contributed by atoms with E-state index in [1.54, 1.807) is 0 Å². The Bertz CT molecular complexity index is 936. The third-order valence-corrected chi connectivity index (χ3v) is 3.71. The number of hydrogen-bond donors (Lipinski definition) is 1. The summed E-state index contributed by atoms with van der Waals surface area (Å²) >= 11 is 11.8.